The largest absolute Gasteiger partial charge is 0.495 e. The summed E-state index contributed by atoms with van der Waals surface area (Å²) in [4.78, 5) is 0. The topological polar surface area (TPSA) is 9.23 Å². The molecule has 0 fully saturated rings. The molecule has 0 heterocycles. The molecule has 0 saturated heterocycles. The zero-order valence-corrected chi connectivity index (χ0v) is 8.45. The number of ether oxygens (including phenoxy) is 1. The summed E-state index contributed by atoms with van der Waals surface area (Å²) in [6.07, 6.45) is 0. The maximum atomic E-state index is 5.95. The minimum atomic E-state index is 0.687. The summed E-state index contributed by atoms with van der Waals surface area (Å²) in [7, 11) is 1.61. The lowest BCUT2D eigenvalue weighted by molar-refractivity contribution is 0.414. The Morgan fingerprint density at radius 3 is 2.82 bits per heavy atom. The van der Waals surface area contributed by atoms with E-state index in [1.807, 2.05) is 18.2 Å². The highest BCUT2D eigenvalue weighted by molar-refractivity contribution is 9.08. The molecule has 0 radical (unpaired) electrons. The Kier molecular flexibility index (Phi) is 3.21. The van der Waals surface area contributed by atoms with Gasteiger partial charge in [0.2, 0.25) is 0 Å². The van der Waals surface area contributed by atoms with Crippen LogP contribution in [0.4, 0.5) is 0 Å². The summed E-state index contributed by atoms with van der Waals surface area (Å²) in [5.41, 5.74) is 1.05. The lowest BCUT2D eigenvalue weighted by atomic mass is 10.2. The fraction of sp³-hybridized carbons (Fsp3) is 0.250. The normalized spacial score (nSPS) is 9.73. The highest BCUT2D eigenvalue weighted by atomic mass is 79.9. The zero-order valence-electron chi connectivity index (χ0n) is 6.10. The fourth-order valence-electron chi connectivity index (χ4n) is 0.817. The van der Waals surface area contributed by atoms with Crippen molar-refractivity contribution in [3.8, 4) is 5.75 Å². The van der Waals surface area contributed by atoms with E-state index in [-0.39, 0.29) is 0 Å². The van der Waals surface area contributed by atoms with Crippen molar-refractivity contribution in [2.24, 2.45) is 0 Å². The van der Waals surface area contributed by atoms with Gasteiger partial charge in [0, 0.05) is 5.33 Å². The van der Waals surface area contributed by atoms with Crippen molar-refractivity contribution < 1.29 is 4.74 Å². The molecular weight excluding hydrogens is 227 g/mol. The van der Waals surface area contributed by atoms with Gasteiger partial charge in [-0.2, -0.15) is 0 Å². The van der Waals surface area contributed by atoms with Gasteiger partial charge in [-0.3, -0.25) is 0 Å². The number of halogens is 2. The first-order chi connectivity index (χ1) is 5.29. The van der Waals surface area contributed by atoms with E-state index in [1.165, 1.54) is 0 Å². The molecule has 0 atom stereocenters. The van der Waals surface area contributed by atoms with Gasteiger partial charge in [0.05, 0.1) is 12.1 Å². The number of hydrogen-bond acceptors (Lipinski definition) is 1. The van der Waals surface area contributed by atoms with E-state index in [0.717, 1.165) is 16.6 Å². The van der Waals surface area contributed by atoms with Crippen LogP contribution in [0, 0.1) is 0 Å². The van der Waals surface area contributed by atoms with Crippen molar-refractivity contribution >= 4 is 27.5 Å². The van der Waals surface area contributed by atoms with Crippen LogP contribution in [0.5, 0.6) is 5.75 Å². The first-order valence-electron chi connectivity index (χ1n) is 3.17. The zero-order chi connectivity index (χ0) is 8.27. The van der Waals surface area contributed by atoms with E-state index < -0.39 is 0 Å². The highest BCUT2D eigenvalue weighted by Gasteiger charge is 2.03. The lowest BCUT2D eigenvalue weighted by Crippen LogP contribution is -1.86. The molecule has 1 nitrogen and oxygen atoms in total. The van der Waals surface area contributed by atoms with Gasteiger partial charge in [0.25, 0.3) is 0 Å². The van der Waals surface area contributed by atoms with Crippen molar-refractivity contribution in [3.05, 3.63) is 28.8 Å². The average Bonchev–Trinajstić information content (AvgIpc) is 2.05. The molecule has 0 aliphatic carbocycles. The summed E-state index contributed by atoms with van der Waals surface area (Å²) >= 11 is 9.29. The second-order valence-electron chi connectivity index (χ2n) is 2.07. The van der Waals surface area contributed by atoms with Crippen molar-refractivity contribution in [2.75, 3.05) is 7.11 Å². The molecule has 1 aromatic rings. The molecular formula is C8H8BrClO. The quantitative estimate of drug-likeness (QED) is 0.715. The van der Waals surface area contributed by atoms with E-state index in [4.69, 9.17) is 16.3 Å². The van der Waals surface area contributed by atoms with Gasteiger partial charge in [-0.25, -0.2) is 0 Å². The Bertz CT molecular complexity index is 228. The molecule has 0 spiro atoms. The van der Waals surface area contributed by atoms with Gasteiger partial charge in [-0.1, -0.05) is 39.7 Å². The molecule has 0 aliphatic rings. The molecule has 0 amide bonds. The predicted molar refractivity (Wildman–Crippen MR) is 50.6 cm³/mol. The monoisotopic (exact) mass is 234 g/mol. The van der Waals surface area contributed by atoms with E-state index in [0.29, 0.717) is 5.02 Å². The SMILES string of the molecule is COc1cccc(CBr)c1Cl. The van der Waals surface area contributed by atoms with Crippen molar-refractivity contribution in [1.29, 1.82) is 0 Å². The summed E-state index contributed by atoms with van der Waals surface area (Å²) < 4.78 is 5.03. The second-order valence-corrected chi connectivity index (χ2v) is 3.01. The van der Waals surface area contributed by atoms with E-state index >= 15 is 0 Å². The molecule has 11 heavy (non-hydrogen) atoms. The van der Waals surface area contributed by atoms with Gasteiger partial charge in [0.1, 0.15) is 5.75 Å². The molecule has 0 N–H and O–H groups in total. The molecule has 0 bridgehead atoms. The molecule has 60 valence electrons. The van der Waals surface area contributed by atoms with Crippen LogP contribution in [-0.2, 0) is 5.33 Å². The standard InChI is InChI=1S/C8H8BrClO/c1-11-7-4-2-3-6(5-9)8(7)10/h2-4H,5H2,1H3. The minimum absolute atomic E-state index is 0.687. The lowest BCUT2D eigenvalue weighted by Gasteiger charge is -2.04. The van der Waals surface area contributed by atoms with Gasteiger partial charge < -0.3 is 4.74 Å². The number of hydrogen-bond donors (Lipinski definition) is 0. The van der Waals surface area contributed by atoms with E-state index in [2.05, 4.69) is 15.9 Å². The predicted octanol–water partition coefficient (Wildman–Crippen LogP) is 3.24. The summed E-state index contributed by atoms with van der Waals surface area (Å²) in [6.45, 7) is 0. The number of rotatable bonds is 2. The molecule has 0 aromatic heterocycles. The van der Waals surface area contributed by atoms with Crippen LogP contribution in [-0.4, -0.2) is 7.11 Å². The van der Waals surface area contributed by atoms with Crippen LogP contribution >= 0.6 is 27.5 Å². The fourth-order valence-corrected chi connectivity index (χ4v) is 1.72. The number of methoxy groups -OCH3 is 1. The first kappa shape index (κ1) is 8.88. The van der Waals surface area contributed by atoms with Crippen LogP contribution in [0.1, 0.15) is 5.56 Å². The van der Waals surface area contributed by atoms with E-state index in [1.54, 1.807) is 7.11 Å². The van der Waals surface area contributed by atoms with Crippen molar-refractivity contribution in [3.63, 3.8) is 0 Å². The summed E-state index contributed by atoms with van der Waals surface area (Å²) in [5, 5.41) is 1.44. The van der Waals surface area contributed by atoms with Crippen LogP contribution in [0.15, 0.2) is 18.2 Å². The third-order valence-electron chi connectivity index (χ3n) is 1.41. The molecule has 0 unspecified atom stereocenters. The number of benzene rings is 1. The van der Waals surface area contributed by atoms with E-state index in [9.17, 15) is 0 Å². The maximum Gasteiger partial charge on any atom is 0.137 e. The molecule has 1 rings (SSSR count). The van der Waals surface area contributed by atoms with Crippen LogP contribution in [0.2, 0.25) is 5.02 Å². The van der Waals surface area contributed by atoms with Crippen LogP contribution < -0.4 is 4.74 Å². The molecule has 1 aromatic carbocycles. The third kappa shape index (κ3) is 1.88. The second kappa shape index (κ2) is 3.98. The Morgan fingerprint density at radius 1 is 1.55 bits per heavy atom. The van der Waals surface area contributed by atoms with Crippen molar-refractivity contribution in [2.45, 2.75) is 5.33 Å². The Balaban J connectivity index is 3.10. The third-order valence-corrected chi connectivity index (χ3v) is 2.44. The molecule has 0 aliphatic heterocycles. The van der Waals surface area contributed by atoms with Gasteiger partial charge >= 0.3 is 0 Å². The first-order valence-corrected chi connectivity index (χ1v) is 4.67. The van der Waals surface area contributed by atoms with Crippen LogP contribution in [0.3, 0.4) is 0 Å². The summed E-state index contributed by atoms with van der Waals surface area (Å²) in [5.74, 6) is 0.726. The Hall–Kier alpha value is -0.210. The number of alkyl halides is 1. The highest BCUT2D eigenvalue weighted by Crippen LogP contribution is 2.28. The maximum absolute atomic E-state index is 5.95. The Labute approximate surface area is 79.4 Å². The average molecular weight is 236 g/mol. The van der Waals surface area contributed by atoms with Crippen molar-refractivity contribution in [1.82, 2.24) is 0 Å². The molecule has 3 heteroatoms. The van der Waals surface area contributed by atoms with Gasteiger partial charge in [-0.15, -0.1) is 0 Å². The minimum Gasteiger partial charge on any atom is -0.495 e. The summed E-state index contributed by atoms with van der Waals surface area (Å²) in [6, 6.07) is 5.72. The smallest absolute Gasteiger partial charge is 0.137 e. The van der Waals surface area contributed by atoms with Gasteiger partial charge in [0.15, 0.2) is 0 Å². The molecule has 0 saturated carbocycles. The van der Waals surface area contributed by atoms with Gasteiger partial charge in [-0.05, 0) is 11.6 Å². The Morgan fingerprint density at radius 2 is 2.27 bits per heavy atom. The van der Waals surface area contributed by atoms with Crippen LogP contribution in [0.25, 0.3) is 0 Å².